The predicted octanol–water partition coefficient (Wildman–Crippen LogP) is 1.55. The van der Waals surface area contributed by atoms with Gasteiger partial charge in [0.1, 0.15) is 5.69 Å². The van der Waals surface area contributed by atoms with Crippen LogP contribution in [0.3, 0.4) is 0 Å². The van der Waals surface area contributed by atoms with E-state index in [4.69, 9.17) is 0 Å². The van der Waals surface area contributed by atoms with Gasteiger partial charge in [0.2, 0.25) is 5.91 Å². The maximum Gasteiger partial charge on any atom is 0.269 e. The van der Waals surface area contributed by atoms with Crippen LogP contribution in [0.4, 0.5) is 5.69 Å². The molecule has 130 valence electrons. The molecule has 25 heavy (non-hydrogen) atoms. The molecule has 1 N–H and O–H groups in total. The van der Waals surface area contributed by atoms with Crippen LogP contribution in [0.2, 0.25) is 0 Å². The first kappa shape index (κ1) is 17.0. The molecule has 0 bridgehead atoms. The van der Waals surface area contributed by atoms with Gasteiger partial charge in [-0.2, -0.15) is 0 Å². The van der Waals surface area contributed by atoms with E-state index >= 15 is 0 Å². The maximum atomic E-state index is 12.3. The number of anilines is 1. The summed E-state index contributed by atoms with van der Waals surface area (Å²) in [6, 6.07) is 15.4. The minimum absolute atomic E-state index is 0.0778. The minimum Gasteiger partial charge on any atom is -0.368 e. The van der Waals surface area contributed by atoms with Gasteiger partial charge in [-0.05, 0) is 24.3 Å². The molecule has 0 radical (unpaired) electrons. The van der Waals surface area contributed by atoms with Crippen LogP contribution in [-0.2, 0) is 4.79 Å². The third kappa shape index (κ3) is 4.56. The van der Waals surface area contributed by atoms with Crippen LogP contribution in [0.15, 0.2) is 54.7 Å². The van der Waals surface area contributed by atoms with E-state index in [9.17, 15) is 9.59 Å². The molecule has 1 saturated heterocycles. The van der Waals surface area contributed by atoms with E-state index in [1.165, 1.54) is 5.69 Å². The van der Waals surface area contributed by atoms with Crippen LogP contribution in [0.1, 0.15) is 16.9 Å². The Labute approximate surface area is 147 Å². The summed E-state index contributed by atoms with van der Waals surface area (Å²) in [6.07, 6.45) is 1.89. The van der Waals surface area contributed by atoms with Crippen molar-refractivity contribution in [3.05, 3.63) is 60.4 Å². The molecule has 0 spiro atoms. The van der Waals surface area contributed by atoms with Crippen molar-refractivity contribution in [2.75, 3.05) is 37.6 Å². The Balaban J connectivity index is 1.40. The van der Waals surface area contributed by atoms with Gasteiger partial charge < -0.3 is 15.1 Å². The highest BCUT2D eigenvalue weighted by Crippen LogP contribution is 2.15. The molecule has 1 fully saturated rings. The molecule has 1 aromatic carbocycles. The van der Waals surface area contributed by atoms with Gasteiger partial charge in [0.25, 0.3) is 5.91 Å². The molecule has 0 unspecified atom stereocenters. The van der Waals surface area contributed by atoms with E-state index in [2.05, 4.69) is 27.3 Å². The Bertz CT molecular complexity index is 698. The summed E-state index contributed by atoms with van der Waals surface area (Å²) in [5, 5.41) is 2.74. The normalized spacial score (nSPS) is 14.2. The smallest absolute Gasteiger partial charge is 0.269 e. The number of rotatable bonds is 5. The summed E-state index contributed by atoms with van der Waals surface area (Å²) in [5.74, 6) is -0.170. The van der Waals surface area contributed by atoms with Gasteiger partial charge >= 0.3 is 0 Å². The second-order valence-corrected chi connectivity index (χ2v) is 5.92. The lowest BCUT2D eigenvalue weighted by Crippen LogP contribution is -2.49. The van der Waals surface area contributed by atoms with Gasteiger partial charge in [-0.25, -0.2) is 0 Å². The number of nitrogens with zero attached hydrogens (tertiary/aromatic N) is 3. The van der Waals surface area contributed by atoms with Crippen molar-refractivity contribution in [1.82, 2.24) is 15.2 Å². The molecule has 1 aromatic heterocycles. The molecular weight excluding hydrogens is 316 g/mol. The molecule has 2 heterocycles. The van der Waals surface area contributed by atoms with E-state index < -0.39 is 0 Å². The summed E-state index contributed by atoms with van der Waals surface area (Å²) >= 11 is 0. The van der Waals surface area contributed by atoms with Gasteiger partial charge in [-0.3, -0.25) is 14.6 Å². The largest absolute Gasteiger partial charge is 0.368 e. The fourth-order valence-electron chi connectivity index (χ4n) is 2.88. The van der Waals surface area contributed by atoms with Crippen LogP contribution in [0.25, 0.3) is 0 Å². The van der Waals surface area contributed by atoms with Crippen LogP contribution in [-0.4, -0.2) is 54.4 Å². The summed E-state index contributed by atoms with van der Waals surface area (Å²) in [6.45, 7) is 3.41. The first-order valence-corrected chi connectivity index (χ1v) is 8.51. The molecule has 6 nitrogen and oxygen atoms in total. The van der Waals surface area contributed by atoms with Crippen molar-refractivity contribution >= 4 is 17.5 Å². The molecule has 0 atom stereocenters. The highest BCUT2D eigenvalue weighted by molar-refractivity contribution is 5.92. The quantitative estimate of drug-likeness (QED) is 0.898. The van der Waals surface area contributed by atoms with Gasteiger partial charge in [-0.15, -0.1) is 0 Å². The number of para-hydroxylation sites is 1. The number of nitrogens with one attached hydrogen (secondary N) is 1. The first-order chi connectivity index (χ1) is 12.2. The number of piperazine rings is 1. The average molecular weight is 338 g/mol. The van der Waals surface area contributed by atoms with Gasteiger partial charge in [0.05, 0.1) is 0 Å². The minimum atomic E-state index is -0.248. The highest BCUT2D eigenvalue weighted by atomic mass is 16.2. The molecule has 1 aliphatic heterocycles. The molecule has 6 heteroatoms. The van der Waals surface area contributed by atoms with E-state index in [0.29, 0.717) is 31.7 Å². The van der Waals surface area contributed by atoms with Crippen LogP contribution in [0.5, 0.6) is 0 Å². The monoisotopic (exact) mass is 338 g/mol. The maximum absolute atomic E-state index is 12.3. The molecule has 0 aliphatic carbocycles. The molecule has 1 aliphatic rings. The number of amides is 2. The third-order valence-corrected chi connectivity index (χ3v) is 4.28. The second-order valence-electron chi connectivity index (χ2n) is 5.92. The summed E-state index contributed by atoms with van der Waals surface area (Å²) < 4.78 is 0. The first-order valence-electron chi connectivity index (χ1n) is 8.51. The molecular formula is C19H22N4O2. The van der Waals surface area contributed by atoms with Crippen molar-refractivity contribution in [2.45, 2.75) is 6.42 Å². The highest BCUT2D eigenvalue weighted by Gasteiger charge is 2.21. The number of aromatic nitrogens is 1. The zero-order valence-electron chi connectivity index (χ0n) is 14.1. The Morgan fingerprint density at radius 3 is 2.36 bits per heavy atom. The van der Waals surface area contributed by atoms with Gasteiger partial charge in [0.15, 0.2) is 0 Å². The third-order valence-electron chi connectivity index (χ3n) is 4.28. The van der Waals surface area contributed by atoms with Crippen molar-refractivity contribution in [2.24, 2.45) is 0 Å². The van der Waals surface area contributed by atoms with Crippen molar-refractivity contribution in [3.8, 4) is 0 Å². The lowest BCUT2D eigenvalue weighted by atomic mass is 10.2. The zero-order valence-corrected chi connectivity index (χ0v) is 14.1. The molecule has 2 aromatic rings. The summed E-state index contributed by atoms with van der Waals surface area (Å²) in [5.41, 5.74) is 1.56. The number of carbonyl (C=O) groups is 2. The van der Waals surface area contributed by atoms with E-state index in [1.54, 1.807) is 24.4 Å². The zero-order chi connectivity index (χ0) is 17.5. The number of hydrogen-bond donors (Lipinski definition) is 1. The predicted molar refractivity (Wildman–Crippen MR) is 96.4 cm³/mol. The van der Waals surface area contributed by atoms with Crippen LogP contribution < -0.4 is 10.2 Å². The lowest BCUT2D eigenvalue weighted by molar-refractivity contribution is -0.131. The standard InChI is InChI=1S/C19H22N4O2/c24-18(9-11-21-19(25)17-8-4-5-10-20-17)23-14-12-22(13-15-23)16-6-2-1-3-7-16/h1-8,10H,9,11-15H2,(H,21,25). The Hall–Kier alpha value is -2.89. The van der Waals surface area contributed by atoms with Crippen molar-refractivity contribution in [3.63, 3.8) is 0 Å². The average Bonchev–Trinajstić information content (AvgIpc) is 2.69. The van der Waals surface area contributed by atoms with Gasteiger partial charge in [0, 0.05) is 51.0 Å². The van der Waals surface area contributed by atoms with E-state index in [0.717, 1.165) is 13.1 Å². The van der Waals surface area contributed by atoms with E-state index in [-0.39, 0.29) is 11.8 Å². The SMILES string of the molecule is O=C(NCCC(=O)N1CCN(c2ccccc2)CC1)c1ccccn1. The number of pyridine rings is 1. The van der Waals surface area contributed by atoms with Crippen molar-refractivity contribution in [1.29, 1.82) is 0 Å². The number of benzene rings is 1. The fraction of sp³-hybridized carbons (Fsp3) is 0.316. The number of hydrogen-bond acceptors (Lipinski definition) is 4. The molecule has 2 amide bonds. The Morgan fingerprint density at radius 1 is 0.960 bits per heavy atom. The number of carbonyl (C=O) groups excluding carboxylic acids is 2. The molecule has 0 saturated carbocycles. The summed E-state index contributed by atoms with van der Waals surface area (Å²) in [7, 11) is 0. The Morgan fingerprint density at radius 2 is 1.68 bits per heavy atom. The van der Waals surface area contributed by atoms with Gasteiger partial charge in [-0.1, -0.05) is 24.3 Å². The van der Waals surface area contributed by atoms with Crippen LogP contribution in [0, 0.1) is 0 Å². The van der Waals surface area contributed by atoms with Crippen molar-refractivity contribution < 1.29 is 9.59 Å². The molecule has 3 rings (SSSR count). The Kier molecular flexibility index (Phi) is 5.61. The second kappa shape index (κ2) is 8.28. The summed E-state index contributed by atoms with van der Waals surface area (Å²) in [4.78, 5) is 32.3. The van der Waals surface area contributed by atoms with Crippen LogP contribution >= 0.6 is 0 Å². The van der Waals surface area contributed by atoms with E-state index in [1.807, 2.05) is 23.1 Å². The fourth-order valence-corrected chi connectivity index (χ4v) is 2.88. The topological polar surface area (TPSA) is 65.5 Å². The lowest BCUT2D eigenvalue weighted by Gasteiger charge is -2.36.